The third kappa shape index (κ3) is 5.46. The Morgan fingerprint density at radius 2 is 2.24 bits per heavy atom. The monoisotopic (exact) mass is 375 g/mol. The van der Waals surface area contributed by atoms with Crippen LogP contribution in [0.25, 0.3) is 11.2 Å². The summed E-state index contributed by atoms with van der Waals surface area (Å²) < 4.78 is 31.8. The summed E-state index contributed by atoms with van der Waals surface area (Å²) in [5.41, 5.74) is 5.71. The predicted molar refractivity (Wildman–Crippen MR) is 87.6 cm³/mol. The van der Waals surface area contributed by atoms with Crippen LogP contribution in [-0.2, 0) is 15.6 Å². The Morgan fingerprint density at radius 1 is 1.48 bits per heavy atom. The minimum absolute atomic E-state index is 0.00621. The van der Waals surface area contributed by atoms with Crippen LogP contribution in [0.2, 0.25) is 0 Å². The third-order valence-corrected chi connectivity index (χ3v) is 4.57. The van der Waals surface area contributed by atoms with Gasteiger partial charge in [-0.1, -0.05) is 6.08 Å². The number of fused-ring (bicyclic) bond motifs is 1. The Morgan fingerprint density at radius 3 is 2.96 bits per heavy atom. The van der Waals surface area contributed by atoms with Gasteiger partial charge in [0.05, 0.1) is 25.6 Å². The smallest absolute Gasteiger partial charge is 0.328 e. The molecular formula is C13H19FN5O5P. The normalized spacial score (nSPS) is 14.8. The number of nitrogen functional groups attached to an aromatic ring is 1. The average Bonchev–Trinajstić information content (AvgIpc) is 2.90. The fourth-order valence-electron chi connectivity index (χ4n) is 2.01. The van der Waals surface area contributed by atoms with Crippen molar-refractivity contribution in [3.63, 3.8) is 0 Å². The first kappa shape index (κ1) is 19.3. The summed E-state index contributed by atoms with van der Waals surface area (Å²) in [6.07, 6.45) is 2.44. The van der Waals surface area contributed by atoms with Crippen LogP contribution in [0.4, 0.5) is 10.3 Å². The second-order valence-electron chi connectivity index (χ2n) is 5.16. The maximum Gasteiger partial charge on any atom is 0.328 e. The van der Waals surface area contributed by atoms with Gasteiger partial charge in [-0.2, -0.15) is 9.97 Å². The number of halogens is 1. The highest BCUT2D eigenvalue weighted by molar-refractivity contribution is 7.52. The zero-order valence-electron chi connectivity index (χ0n) is 13.2. The fourth-order valence-corrected chi connectivity index (χ4v) is 3.01. The highest BCUT2D eigenvalue weighted by atomic mass is 31.2. The molecule has 2 rings (SSSR count). The molecule has 25 heavy (non-hydrogen) atoms. The van der Waals surface area contributed by atoms with Gasteiger partial charge < -0.3 is 29.9 Å². The van der Waals surface area contributed by atoms with Crippen molar-refractivity contribution in [2.45, 2.75) is 19.4 Å². The van der Waals surface area contributed by atoms with Crippen molar-refractivity contribution in [2.75, 3.05) is 25.1 Å². The van der Waals surface area contributed by atoms with E-state index >= 15 is 0 Å². The van der Waals surface area contributed by atoms with E-state index in [-0.39, 0.29) is 55.9 Å². The van der Waals surface area contributed by atoms with Crippen molar-refractivity contribution in [3.8, 4) is 5.88 Å². The Hall–Kier alpha value is -2.07. The molecule has 138 valence electrons. The molecule has 0 amide bonds. The van der Waals surface area contributed by atoms with Crippen molar-refractivity contribution in [3.05, 3.63) is 18.2 Å². The van der Waals surface area contributed by atoms with Gasteiger partial charge in [-0.25, -0.2) is 9.37 Å². The fraction of sp³-hybridized carbons (Fsp3) is 0.462. The minimum Gasteiger partial charge on any atom is -0.492 e. The first-order chi connectivity index (χ1) is 11.8. The van der Waals surface area contributed by atoms with Crippen LogP contribution in [0.5, 0.6) is 5.88 Å². The van der Waals surface area contributed by atoms with Crippen LogP contribution in [-0.4, -0.2) is 54.0 Å². The molecule has 0 aliphatic carbocycles. The molecule has 0 saturated heterocycles. The summed E-state index contributed by atoms with van der Waals surface area (Å²) in [5, 5.41) is 18.2. The van der Waals surface area contributed by atoms with Gasteiger partial charge in [0.15, 0.2) is 11.2 Å². The molecule has 12 heteroatoms. The van der Waals surface area contributed by atoms with Crippen LogP contribution in [0.1, 0.15) is 12.8 Å². The lowest BCUT2D eigenvalue weighted by Crippen LogP contribution is -2.02. The number of nitrogens with zero attached hydrogens (tertiary/aromatic N) is 4. The Balaban J connectivity index is 1.97. The maximum absolute atomic E-state index is 14.0. The molecule has 0 bridgehead atoms. The topological polar surface area (TPSA) is 157 Å². The molecule has 0 aliphatic heterocycles. The summed E-state index contributed by atoms with van der Waals surface area (Å²) in [6.45, 7) is -0.410. The molecular weight excluding hydrogens is 356 g/mol. The van der Waals surface area contributed by atoms with E-state index < -0.39 is 19.3 Å². The lowest BCUT2D eigenvalue weighted by Gasteiger charge is -2.10. The van der Waals surface area contributed by atoms with E-state index in [4.69, 9.17) is 15.4 Å². The van der Waals surface area contributed by atoms with Crippen LogP contribution in [0.3, 0.4) is 0 Å². The second kappa shape index (κ2) is 8.34. The second-order valence-corrected chi connectivity index (χ2v) is 7.14. The van der Waals surface area contributed by atoms with Gasteiger partial charge in [0.1, 0.15) is 5.83 Å². The van der Waals surface area contributed by atoms with Crippen LogP contribution in [0.15, 0.2) is 18.2 Å². The number of anilines is 1. The average molecular weight is 375 g/mol. The van der Waals surface area contributed by atoms with Gasteiger partial charge in [-0.3, -0.25) is 4.57 Å². The van der Waals surface area contributed by atoms with Crippen molar-refractivity contribution in [2.24, 2.45) is 0 Å². The summed E-state index contributed by atoms with van der Waals surface area (Å²) in [4.78, 5) is 20.9. The SMILES string of the molecule is Nc1nc(O)c2ncn(C/C(F)=C\CCP(=O)(O)OCCCO)c2n1. The summed E-state index contributed by atoms with van der Waals surface area (Å²) in [6, 6.07) is 0. The molecule has 0 aromatic carbocycles. The predicted octanol–water partition coefficient (Wildman–Crippen LogP) is 0.942. The van der Waals surface area contributed by atoms with E-state index in [0.29, 0.717) is 0 Å². The highest BCUT2D eigenvalue weighted by Crippen LogP contribution is 2.42. The number of hydrogen-bond donors (Lipinski definition) is 4. The van der Waals surface area contributed by atoms with Crippen molar-refractivity contribution < 1.29 is 28.6 Å². The molecule has 1 atom stereocenters. The molecule has 0 radical (unpaired) electrons. The summed E-state index contributed by atoms with van der Waals surface area (Å²) in [5.74, 6) is -1.14. The number of rotatable bonds is 9. The molecule has 0 saturated carbocycles. The number of allylic oxidation sites excluding steroid dienone is 2. The molecule has 0 fully saturated rings. The summed E-state index contributed by atoms with van der Waals surface area (Å²) in [7, 11) is -3.81. The van der Waals surface area contributed by atoms with E-state index in [2.05, 4.69) is 15.0 Å². The molecule has 2 heterocycles. The maximum atomic E-state index is 14.0. The van der Waals surface area contributed by atoms with Crippen molar-refractivity contribution in [1.82, 2.24) is 19.5 Å². The zero-order valence-corrected chi connectivity index (χ0v) is 14.1. The molecule has 2 aromatic heterocycles. The van der Waals surface area contributed by atoms with Crippen LogP contribution in [0, 0.1) is 0 Å². The number of nitrogens with two attached hydrogens (primary N) is 1. The molecule has 0 aliphatic rings. The Bertz CT molecular complexity index is 811. The quantitative estimate of drug-likeness (QED) is 0.370. The van der Waals surface area contributed by atoms with E-state index in [9.17, 15) is 19.0 Å². The number of hydrogen-bond acceptors (Lipinski definition) is 8. The zero-order chi connectivity index (χ0) is 18.4. The Kier molecular flexibility index (Phi) is 6.43. The van der Waals surface area contributed by atoms with Gasteiger partial charge in [0, 0.05) is 6.61 Å². The van der Waals surface area contributed by atoms with Crippen LogP contribution >= 0.6 is 7.60 Å². The van der Waals surface area contributed by atoms with Crippen molar-refractivity contribution >= 4 is 24.7 Å². The van der Waals surface area contributed by atoms with Gasteiger partial charge in [0.25, 0.3) is 0 Å². The van der Waals surface area contributed by atoms with E-state index in [1.54, 1.807) is 0 Å². The van der Waals surface area contributed by atoms with E-state index in [0.717, 1.165) is 6.08 Å². The number of aliphatic hydroxyl groups excluding tert-OH is 1. The first-order valence-electron chi connectivity index (χ1n) is 7.41. The van der Waals surface area contributed by atoms with E-state index in [1.807, 2.05) is 0 Å². The summed E-state index contributed by atoms with van der Waals surface area (Å²) >= 11 is 0. The molecule has 1 unspecified atom stereocenters. The van der Waals surface area contributed by atoms with Crippen molar-refractivity contribution in [1.29, 1.82) is 0 Å². The molecule has 5 N–H and O–H groups in total. The molecule has 0 spiro atoms. The largest absolute Gasteiger partial charge is 0.492 e. The lowest BCUT2D eigenvalue weighted by molar-refractivity contribution is 0.214. The number of aliphatic hydroxyl groups is 1. The van der Waals surface area contributed by atoms with Gasteiger partial charge >= 0.3 is 7.60 Å². The van der Waals surface area contributed by atoms with Gasteiger partial charge in [-0.15, -0.1) is 0 Å². The standard InChI is InChI=1S/C13H19FN5O5P/c14-9(3-1-6-25(22,23)24-5-2-4-20)7-19-8-16-10-11(19)17-13(15)18-12(10)21/h3,8,20H,1-2,4-7H2,(H,22,23)(H3,15,17,18,21)/b9-3+. The van der Waals surface area contributed by atoms with E-state index in [1.165, 1.54) is 10.9 Å². The van der Waals surface area contributed by atoms with Gasteiger partial charge in [0.2, 0.25) is 11.8 Å². The minimum atomic E-state index is -3.81. The first-order valence-corrected chi connectivity index (χ1v) is 9.18. The number of aromatic nitrogens is 4. The third-order valence-electron chi connectivity index (χ3n) is 3.16. The highest BCUT2D eigenvalue weighted by Gasteiger charge is 2.18. The van der Waals surface area contributed by atoms with Crippen LogP contribution < -0.4 is 5.73 Å². The Labute approximate surface area is 142 Å². The number of imidazole rings is 1. The number of aromatic hydroxyl groups is 1. The molecule has 10 nitrogen and oxygen atoms in total. The molecule has 2 aromatic rings. The van der Waals surface area contributed by atoms with Gasteiger partial charge in [-0.05, 0) is 12.8 Å². The lowest BCUT2D eigenvalue weighted by atomic mass is 10.4.